The first-order chi connectivity index (χ1) is 9.02. The van der Waals surface area contributed by atoms with Gasteiger partial charge in [-0.1, -0.05) is 12.1 Å². The normalized spacial score (nSPS) is 12.2. The molecule has 1 amide bonds. The molecular formula is C11H14ClNO5S2. The standard InChI is InChI=1S/C11H14ClNO5S2/c1-13(7-8-19(2,15)16)11(14)9-5-3-4-6-10(9)20(12,17)18/h3-6H,7-8H2,1-2H3. The highest BCUT2D eigenvalue weighted by Crippen LogP contribution is 2.20. The van der Waals surface area contributed by atoms with Gasteiger partial charge < -0.3 is 4.90 Å². The molecule has 20 heavy (non-hydrogen) atoms. The molecular weight excluding hydrogens is 326 g/mol. The quantitative estimate of drug-likeness (QED) is 0.738. The lowest BCUT2D eigenvalue weighted by atomic mass is 10.2. The second-order valence-electron chi connectivity index (χ2n) is 4.29. The van der Waals surface area contributed by atoms with Crippen LogP contribution in [0, 0.1) is 0 Å². The smallest absolute Gasteiger partial charge is 0.262 e. The van der Waals surface area contributed by atoms with Crippen molar-refractivity contribution in [3.8, 4) is 0 Å². The van der Waals surface area contributed by atoms with E-state index in [9.17, 15) is 21.6 Å². The van der Waals surface area contributed by atoms with E-state index in [-0.39, 0.29) is 22.8 Å². The van der Waals surface area contributed by atoms with E-state index in [0.29, 0.717) is 0 Å². The van der Waals surface area contributed by atoms with Gasteiger partial charge in [0.15, 0.2) is 0 Å². The zero-order valence-corrected chi connectivity index (χ0v) is 13.3. The number of hydrogen-bond acceptors (Lipinski definition) is 5. The van der Waals surface area contributed by atoms with Crippen molar-refractivity contribution >= 4 is 35.5 Å². The van der Waals surface area contributed by atoms with Crippen molar-refractivity contribution in [3.63, 3.8) is 0 Å². The van der Waals surface area contributed by atoms with Crippen molar-refractivity contribution in [2.24, 2.45) is 0 Å². The number of hydrogen-bond donors (Lipinski definition) is 0. The first-order valence-corrected chi connectivity index (χ1v) is 9.86. The largest absolute Gasteiger partial charge is 0.341 e. The van der Waals surface area contributed by atoms with Gasteiger partial charge in [0.1, 0.15) is 9.84 Å². The van der Waals surface area contributed by atoms with Crippen LogP contribution in [0.2, 0.25) is 0 Å². The molecule has 0 fully saturated rings. The highest BCUT2D eigenvalue weighted by molar-refractivity contribution is 8.13. The molecule has 1 rings (SSSR count). The Kier molecular flexibility index (Phi) is 5.17. The third-order valence-electron chi connectivity index (χ3n) is 2.52. The summed E-state index contributed by atoms with van der Waals surface area (Å²) in [6.45, 7) is -0.0334. The predicted molar refractivity (Wildman–Crippen MR) is 76.2 cm³/mol. The van der Waals surface area contributed by atoms with E-state index in [0.717, 1.165) is 11.2 Å². The molecule has 0 aliphatic carbocycles. The van der Waals surface area contributed by atoms with Crippen molar-refractivity contribution in [1.29, 1.82) is 0 Å². The number of amides is 1. The van der Waals surface area contributed by atoms with Crippen molar-refractivity contribution in [3.05, 3.63) is 29.8 Å². The maximum absolute atomic E-state index is 12.1. The summed E-state index contributed by atoms with van der Waals surface area (Å²) < 4.78 is 44.9. The molecule has 0 unspecified atom stereocenters. The van der Waals surface area contributed by atoms with Crippen molar-refractivity contribution in [2.75, 3.05) is 25.6 Å². The van der Waals surface area contributed by atoms with Crippen LogP contribution < -0.4 is 0 Å². The van der Waals surface area contributed by atoms with Crippen LogP contribution in [0.5, 0.6) is 0 Å². The number of benzene rings is 1. The Morgan fingerprint density at radius 3 is 2.25 bits per heavy atom. The Labute approximate surface area is 122 Å². The van der Waals surface area contributed by atoms with Crippen molar-refractivity contribution < 1.29 is 21.6 Å². The maximum atomic E-state index is 12.1. The summed E-state index contributed by atoms with van der Waals surface area (Å²) in [4.78, 5) is 13.0. The summed E-state index contributed by atoms with van der Waals surface area (Å²) in [5, 5.41) is 0. The van der Waals surface area contributed by atoms with Gasteiger partial charge in [0.2, 0.25) is 0 Å². The maximum Gasteiger partial charge on any atom is 0.262 e. The molecule has 9 heteroatoms. The molecule has 0 spiro atoms. The van der Waals surface area contributed by atoms with Crippen LogP contribution in [0.25, 0.3) is 0 Å². The predicted octanol–water partition coefficient (Wildman–Crippen LogP) is 0.731. The summed E-state index contributed by atoms with van der Waals surface area (Å²) in [5.74, 6) is -0.807. The SMILES string of the molecule is CN(CCS(C)(=O)=O)C(=O)c1ccccc1S(=O)(=O)Cl. The topological polar surface area (TPSA) is 88.6 Å². The fraction of sp³-hybridized carbons (Fsp3) is 0.364. The molecule has 1 aromatic carbocycles. The number of sulfone groups is 1. The van der Waals surface area contributed by atoms with Gasteiger partial charge in [0.05, 0.1) is 16.2 Å². The van der Waals surface area contributed by atoms with Crippen LogP contribution in [0.1, 0.15) is 10.4 Å². The van der Waals surface area contributed by atoms with E-state index >= 15 is 0 Å². The summed E-state index contributed by atoms with van der Waals surface area (Å²) >= 11 is 0. The van der Waals surface area contributed by atoms with Crippen molar-refractivity contribution in [1.82, 2.24) is 4.90 Å². The van der Waals surface area contributed by atoms with E-state index in [1.165, 1.54) is 31.3 Å². The summed E-state index contributed by atoms with van der Waals surface area (Å²) in [6.07, 6.45) is 1.06. The highest BCUT2D eigenvalue weighted by Gasteiger charge is 2.22. The summed E-state index contributed by atoms with van der Waals surface area (Å²) in [7, 11) is -0.599. The van der Waals surface area contributed by atoms with E-state index in [1.807, 2.05) is 0 Å². The second-order valence-corrected chi connectivity index (χ2v) is 9.08. The molecule has 0 N–H and O–H groups in total. The fourth-order valence-corrected chi connectivity index (χ4v) is 3.13. The zero-order chi connectivity index (χ0) is 15.6. The van der Waals surface area contributed by atoms with Crippen LogP contribution in [0.4, 0.5) is 0 Å². The lowest BCUT2D eigenvalue weighted by molar-refractivity contribution is 0.0799. The first-order valence-electron chi connectivity index (χ1n) is 5.49. The van der Waals surface area contributed by atoms with Gasteiger partial charge in [0, 0.05) is 30.5 Å². The first kappa shape index (κ1) is 16.9. The summed E-state index contributed by atoms with van der Waals surface area (Å²) in [6, 6.07) is 5.50. The minimum absolute atomic E-state index is 0.0334. The molecule has 112 valence electrons. The van der Waals surface area contributed by atoms with Gasteiger partial charge in [0.25, 0.3) is 15.0 Å². The number of carbonyl (C=O) groups excluding carboxylic acids is 1. The number of rotatable bonds is 5. The molecule has 6 nitrogen and oxygen atoms in total. The Morgan fingerprint density at radius 2 is 1.75 bits per heavy atom. The Balaban J connectivity index is 3.04. The number of halogens is 1. The fourth-order valence-electron chi connectivity index (χ4n) is 1.47. The average Bonchev–Trinajstić information content (AvgIpc) is 2.33. The van der Waals surface area contributed by atoms with Crippen LogP contribution in [0.3, 0.4) is 0 Å². The molecule has 0 heterocycles. The number of nitrogens with zero attached hydrogens (tertiary/aromatic N) is 1. The molecule has 0 aliphatic heterocycles. The lowest BCUT2D eigenvalue weighted by Gasteiger charge is -2.17. The molecule has 0 bridgehead atoms. The third-order valence-corrected chi connectivity index (χ3v) is 4.83. The van der Waals surface area contributed by atoms with Crippen molar-refractivity contribution in [2.45, 2.75) is 4.90 Å². The Bertz CT molecular complexity index is 712. The van der Waals surface area contributed by atoms with Crippen LogP contribution >= 0.6 is 10.7 Å². The summed E-state index contributed by atoms with van der Waals surface area (Å²) in [5.41, 5.74) is -0.0847. The molecule has 0 saturated carbocycles. The monoisotopic (exact) mass is 339 g/mol. The Hall–Kier alpha value is -1.12. The molecule has 0 atom stereocenters. The molecule has 1 aromatic rings. The number of carbonyl (C=O) groups is 1. The van der Waals surface area contributed by atoms with Gasteiger partial charge in [-0.15, -0.1) is 0 Å². The minimum atomic E-state index is -4.05. The van der Waals surface area contributed by atoms with Crippen LogP contribution in [0.15, 0.2) is 29.2 Å². The molecule has 0 aromatic heterocycles. The van der Waals surface area contributed by atoms with Gasteiger partial charge in [-0.25, -0.2) is 16.8 Å². The molecule has 0 aliphatic rings. The second kappa shape index (κ2) is 6.11. The highest BCUT2D eigenvalue weighted by atomic mass is 35.7. The third kappa shape index (κ3) is 4.77. The lowest BCUT2D eigenvalue weighted by Crippen LogP contribution is -2.32. The van der Waals surface area contributed by atoms with E-state index in [2.05, 4.69) is 0 Å². The molecule has 0 radical (unpaired) electrons. The van der Waals surface area contributed by atoms with Gasteiger partial charge in [-0.05, 0) is 12.1 Å². The van der Waals surface area contributed by atoms with Gasteiger partial charge >= 0.3 is 0 Å². The average molecular weight is 340 g/mol. The van der Waals surface area contributed by atoms with Crippen LogP contribution in [-0.2, 0) is 18.9 Å². The molecule has 0 saturated heterocycles. The van der Waals surface area contributed by atoms with Gasteiger partial charge in [-0.2, -0.15) is 0 Å². The minimum Gasteiger partial charge on any atom is -0.341 e. The van der Waals surface area contributed by atoms with Crippen LogP contribution in [-0.4, -0.2) is 53.2 Å². The van der Waals surface area contributed by atoms with E-state index in [4.69, 9.17) is 10.7 Å². The van der Waals surface area contributed by atoms with Gasteiger partial charge in [-0.3, -0.25) is 4.79 Å². The Morgan fingerprint density at radius 1 is 1.20 bits per heavy atom. The van der Waals surface area contributed by atoms with E-state index < -0.39 is 24.8 Å². The van der Waals surface area contributed by atoms with E-state index in [1.54, 1.807) is 0 Å². The zero-order valence-electron chi connectivity index (χ0n) is 10.9.